The summed E-state index contributed by atoms with van der Waals surface area (Å²) < 4.78 is 30.6. The SMILES string of the molecule is CC1Cc2ccccc2N1Cc1occc1C(=O)Nc1ccc(NS(C)(=O)=O)cc1. The summed E-state index contributed by atoms with van der Waals surface area (Å²) in [6.07, 6.45) is 3.57. The third-order valence-corrected chi connectivity index (χ3v) is 5.70. The summed E-state index contributed by atoms with van der Waals surface area (Å²) in [5, 5.41) is 2.84. The second-order valence-electron chi connectivity index (χ2n) is 7.47. The molecule has 0 fully saturated rings. The van der Waals surface area contributed by atoms with E-state index >= 15 is 0 Å². The number of amides is 1. The van der Waals surface area contributed by atoms with Crippen LogP contribution in [0.5, 0.6) is 0 Å². The molecule has 1 atom stereocenters. The quantitative estimate of drug-likeness (QED) is 0.626. The molecular weight excluding hydrogens is 402 g/mol. The number of sulfonamides is 1. The lowest BCUT2D eigenvalue weighted by molar-refractivity contribution is 0.102. The molecule has 156 valence electrons. The van der Waals surface area contributed by atoms with Crippen LogP contribution in [0.1, 0.15) is 28.6 Å². The van der Waals surface area contributed by atoms with Crippen LogP contribution in [-0.2, 0) is 23.0 Å². The van der Waals surface area contributed by atoms with Crippen molar-refractivity contribution >= 4 is 33.0 Å². The van der Waals surface area contributed by atoms with E-state index in [-0.39, 0.29) is 5.91 Å². The second-order valence-corrected chi connectivity index (χ2v) is 9.22. The van der Waals surface area contributed by atoms with Crippen molar-refractivity contribution < 1.29 is 17.6 Å². The molecule has 0 radical (unpaired) electrons. The largest absolute Gasteiger partial charge is 0.467 e. The van der Waals surface area contributed by atoms with Crippen LogP contribution in [0.25, 0.3) is 0 Å². The van der Waals surface area contributed by atoms with Crippen LogP contribution in [-0.4, -0.2) is 26.6 Å². The number of nitrogens with one attached hydrogen (secondary N) is 2. The summed E-state index contributed by atoms with van der Waals surface area (Å²) >= 11 is 0. The number of carbonyl (C=O) groups is 1. The minimum absolute atomic E-state index is 0.275. The lowest BCUT2D eigenvalue weighted by Crippen LogP contribution is -2.29. The number of carbonyl (C=O) groups excluding carboxylic acids is 1. The van der Waals surface area contributed by atoms with Crippen molar-refractivity contribution in [2.24, 2.45) is 0 Å². The van der Waals surface area contributed by atoms with Crippen LogP contribution in [0.4, 0.5) is 17.1 Å². The fraction of sp³-hybridized carbons (Fsp3) is 0.227. The summed E-state index contributed by atoms with van der Waals surface area (Å²) in [5.74, 6) is 0.328. The number of rotatable bonds is 6. The Balaban J connectivity index is 1.47. The number of anilines is 3. The van der Waals surface area contributed by atoms with Gasteiger partial charge in [-0.25, -0.2) is 8.42 Å². The normalized spacial score (nSPS) is 15.7. The summed E-state index contributed by atoms with van der Waals surface area (Å²) in [6.45, 7) is 2.67. The van der Waals surface area contributed by atoms with Crippen molar-refractivity contribution in [2.75, 3.05) is 21.2 Å². The van der Waals surface area contributed by atoms with Crippen molar-refractivity contribution in [1.29, 1.82) is 0 Å². The molecule has 0 saturated heterocycles. The molecule has 3 aromatic rings. The highest BCUT2D eigenvalue weighted by atomic mass is 32.2. The Hall–Kier alpha value is -3.26. The number of para-hydroxylation sites is 1. The van der Waals surface area contributed by atoms with Crippen LogP contribution >= 0.6 is 0 Å². The maximum Gasteiger partial charge on any atom is 0.259 e. The Labute approximate surface area is 175 Å². The van der Waals surface area contributed by atoms with Gasteiger partial charge in [0.1, 0.15) is 5.76 Å². The van der Waals surface area contributed by atoms with Crippen molar-refractivity contribution in [3.8, 4) is 0 Å². The van der Waals surface area contributed by atoms with Crippen molar-refractivity contribution in [1.82, 2.24) is 0 Å². The van der Waals surface area contributed by atoms with Crippen molar-refractivity contribution in [2.45, 2.75) is 25.9 Å². The van der Waals surface area contributed by atoms with Crippen LogP contribution in [0, 0.1) is 0 Å². The molecule has 1 aliphatic rings. The second kappa shape index (κ2) is 7.87. The lowest BCUT2D eigenvalue weighted by Gasteiger charge is -2.24. The zero-order valence-electron chi connectivity index (χ0n) is 16.8. The monoisotopic (exact) mass is 425 g/mol. The van der Waals surface area contributed by atoms with Crippen LogP contribution in [0.2, 0.25) is 0 Å². The van der Waals surface area contributed by atoms with E-state index in [9.17, 15) is 13.2 Å². The summed E-state index contributed by atoms with van der Waals surface area (Å²) in [7, 11) is -3.35. The van der Waals surface area contributed by atoms with Gasteiger partial charge in [-0.05, 0) is 55.3 Å². The van der Waals surface area contributed by atoms with Gasteiger partial charge < -0.3 is 14.6 Å². The first-order valence-corrected chi connectivity index (χ1v) is 11.5. The van der Waals surface area contributed by atoms with E-state index < -0.39 is 10.0 Å². The van der Waals surface area contributed by atoms with Crippen LogP contribution in [0.15, 0.2) is 65.3 Å². The smallest absolute Gasteiger partial charge is 0.259 e. The molecule has 1 amide bonds. The maximum atomic E-state index is 12.8. The fourth-order valence-electron chi connectivity index (χ4n) is 3.72. The average molecular weight is 426 g/mol. The molecule has 7 nitrogen and oxygen atoms in total. The molecule has 2 N–H and O–H groups in total. The van der Waals surface area contributed by atoms with E-state index in [1.54, 1.807) is 30.3 Å². The number of furan rings is 1. The number of hydrogen-bond acceptors (Lipinski definition) is 5. The summed E-state index contributed by atoms with van der Waals surface area (Å²) in [5.41, 5.74) is 3.93. The standard InChI is InChI=1S/C22H23N3O4S/c1-15-13-16-5-3-4-6-20(16)25(15)14-21-19(11-12-29-21)22(26)23-17-7-9-18(10-8-17)24-30(2,27)28/h3-12,15,24H,13-14H2,1-2H3,(H,23,26). The molecule has 0 bridgehead atoms. The Morgan fingerprint density at radius 3 is 2.53 bits per heavy atom. The molecule has 0 spiro atoms. The van der Waals surface area contributed by atoms with E-state index in [0.29, 0.717) is 35.3 Å². The first-order valence-electron chi connectivity index (χ1n) is 9.60. The highest BCUT2D eigenvalue weighted by molar-refractivity contribution is 7.92. The van der Waals surface area contributed by atoms with E-state index in [1.807, 2.05) is 12.1 Å². The Bertz CT molecular complexity index is 1170. The van der Waals surface area contributed by atoms with Gasteiger partial charge in [-0.1, -0.05) is 18.2 Å². The Kier molecular flexibility index (Phi) is 5.26. The molecule has 0 aliphatic carbocycles. The van der Waals surface area contributed by atoms with Gasteiger partial charge in [0.05, 0.1) is 24.6 Å². The first kappa shape index (κ1) is 20.0. The number of benzene rings is 2. The van der Waals surface area contributed by atoms with Gasteiger partial charge in [0.2, 0.25) is 10.0 Å². The van der Waals surface area contributed by atoms with Gasteiger partial charge >= 0.3 is 0 Å². The third-order valence-electron chi connectivity index (χ3n) is 5.10. The zero-order chi connectivity index (χ0) is 21.3. The number of nitrogens with zero attached hydrogens (tertiary/aromatic N) is 1. The molecule has 1 unspecified atom stereocenters. The van der Waals surface area contributed by atoms with Crippen LogP contribution in [0.3, 0.4) is 0 Å². The van der Waals surface area contributed by atoms with Crippen molar-refractivity contribution in [3.05, 3.63) is 77.7 Å². The predicted molar refractivity (Wildman–Crippen MR) is 117 cm³/mol. The molecule has 30 heavy (non-hydrogen) atoms. The molecule has 4 rings (SSSR count). The Morgan fingerprint density at radius 2 is 1.80 bits per heavy atom. The number of fused-ring (bicyclic) bond motifs is 1. The third kappa shape index (κ3) is 4.33. The van der Waals surface area contributed by atoms with Gasteiger partial charge in [-0.2, -0.15) is 0 Å². The lowest BCUT2D eigenvalue weighted by atomic mass is 10.1. The van der Waals surface area contributed by atoms with Gasteiger partial charge in [0.15, 0.2) is 0 Å². The topological polar surface area (TPSA) is 91.7 Å². The number of hydrogen-bond donors (Lipinski definition) is 2. The summed E-state index contributed by atoms with van der Waals surface area (Å²) in [6, 6.07) is 16.7. The van der Waals surface area contributed by atoms with E-state index in [4.69, 9.17) is 4.42 Å². The van der Waals surface area contributed by atoms with E-state index in [2.05, 4.69) is 34.0 Å². The zero-order valence-corrected chi connectivity index (χ0v) is 17.6. The first-order chi connectivity index (χ1) is 14.3. The maximum absolute atomic E-state index is 12.8. The highest BCUT2D eigenvalue weighted by Crippen LogP contribution is 2.33. The summed E-state index contributed by atoms with van der Waals surface area (Å²) in [4.78, 5) is 15.1. The van der Waals surface area contributed by atoms with Crippen LogP contribution < -0.4 is 14.9 Å². The Morgan fingerprint density at radius 1 is 1.10 bits per heavy atom. The minimum Gasteiger partial charge on any atom is -0.467 e. The molecule has 8 heteroatoms. The van der Waals surface area contributed by atoms with Crippen molar-refractivity contribution in [3.63, 3.8) is 0 Å². The molecular formula is C22H23N3O4S. The molecule has 1 aliphatic heterocycles. The fourth-order valence-corrected chi connectivity index (χ4v) is 4.29. The predicted octanol–water partition coefficient (Wildman–Crippen LogP) is 3.85. The molecule has 2 heterocycles. The van der Waals surface area contributed by atoms with Gasteiger partial charge in [-0.3, -0.25) is 9.52 Å². The van der Waals surface area contributed by atoms with E-state index in [0.717, 1.165) is 12.7 Å². The molecule has 0 saturated carbocycles. The molecule has 2 aromatic carbocycles. The minimum atomic E-state index is -3.35. The van der Waals surface area contributed by atoms with Gasteiger partial charge in [0.25, 0.3) is 5.91 Å². The molecule has 1 aromatic heterocycles. The van der Waals surface area contributed by atoms with Gasteiger partial charge in [0, 0.05) is 23.1 Å². The average Bonchev–Trinajstić information content (AvgIpc) is 3.27. The highest BCUT2D eigenvalue weighted by Gasteiger charge is 2.28. The van der Waals surface area contributed by atoms with Gasteiger partial charge in [-0.15, -0.1) is 0 Å². The van der Waals surface area contributed by atoms with E-state index in [1.165, 1.54) is 17.5 Å².